The second-order valence-electron chi connectivity index (χ2n) is 13.3. The molecule has 0 aliphatic rings. The van der Waals surface area contributed by atoms with E-state index in [2.05, 4.69) is 4.98 Å². The van der Waals surface area contributed by atoms with Gasteiger partial charge in [0.05, 0.1) is 17.5 Å². The fourth-order valence-corrected chi connectivity index (χ4v) is 6.03. The van der Waals surface area contributed by atoms with Crippen LogP contribution in [0, 0.1) is 6.92 Å². The zero-order chi connectivity index (χ0) is 43.0. The fourth-order valence-electron chi connectivity index (χ4n) is 6.03. The molecular weight excluding hydrogens is 759 g/mol. The quantitative estimate of drug-likeness (QED) is 0.101. The summed E-state index contributed by atoms with van der Waals surface area (Å²) in [6, 6.07) is 49.8. The minimum Gasteiger partial charge on any atom is -0.481 e. The first-order chi connectivity index (χ1) is 28.9. The summed E-state index contributed by atoms with van der Waals surface area (Å²) in [5, 5.41) is 26.9. The maximum atomic E-state index is 12.9. The van der Waals surface area contributed by atoms with Crippen LogP contribution in [0.3, 0.4) is 0 Å². The Hall–Kier alpha value is -8.11. The number of hydrogen-bond donors (Lipinski definition) is 3. The van der Waals surface area contributed by atoms with E-state index in [1.807, 2.05) is 61.5 Å². The number of carboxylic acid groups (broad SMARTS) is 3. The number of aliphatic carboxylic acids is 1. The molecule has 0 atom stereocenters. The predicted octanol–water partition coefficient (Wildman–Crippen LogP) is 10.0. The number of aromatic nitrogens is 1. The van der Waals surface area contributed by atoms with Gasteiger partial charge in [-0.25, -0.2) is 14.6 Å². The first kappa shape index (κ1) is 43.0. The number of aryl methyl sites for hydroxylation is 1. The molecule has 3 N–H and O–H groups in total. The van der Waals surface area contributed by atoms with Gasteiger partial charge in [0.15, 0.2) is 23.0 Å². The van der Waals surface area contributed by atoms with E-state index in [1.54, 1.807) is 109 Å². The molecule has 10 heteroatoms. The van der Waals surface area contributed by atoms with Crippen LogP contribution in [0.15, 0.2) is 176 Å². The SMILES string of the molecule is Cc1ccc(C(=O)c2ccccc2-c2ccccc2C(=O)O)cc1.O=C(O)CCC(=O)c1ccc(-c2ccccc2)cc1.O=C(c1ccccc1)c1cccnc1C(=O)O. The number of aromatic carboxylic acids is 2. The van der Waals surface area contributed by atoms with Gasteiger partial charge in [0.2, 0.25) is 0 Å². The molecule has 1 aromatic heterocycles. The van der Waals surface area contributed by atoms with Crippen molar-refractivity contribution in [3.8, 4) is 22.3 Å². The van der Waals surface area contributed by atoms with Gasteiger partial charge < -0.3 is 15.3 Å². The summed E-state index contributed by atoms with van der Waals surface area (Å²) in [5.41, 5.74) is 6.52. The molecule has 0 radical (unpaired) electrons. The number of Topliss-reactive ketones (excluding diaryl/α,β-unsaturated/α-hetero) is 1. The third-order valence-electron chi connectivity index (χ3n) is 9.10. The number of nitrogens with zero attached hydrogens (tertiary/aromatic N) is 1. The van der Waals surface area contributed by atoms with E-state index in [4.69, 9.17) is 10.2 Å². The van der Waals surface area contributed by atoms with Crippen molar-refractivity contribution >= 4 is 35.3 Å². The Morgan fingerprint density at radius 1 is 0.433 bits per heavy atom. The normalized spacial score (nSPS) is 10.2. The molecule has 10 nitrogen and oxygen atoms in total. The van der Waals surface area contributed by atoms with Gasteiger partial charge in [-0.2, -0.15) is 0 Å². The van der Waals surface area contributed by atoms with Crippen molar-refractivity contribution in [2.75, 3.05) is 0 Å². The Balaban J connectivity index is 0.000000174. The van der Waals surface area contributed by atoms with Crippen LogP contribution >= 0.6 is 0 Å². The van der Waals surface area contributed by atoms with Crippen molar-refractivity contribution in [1.29, 1.82) is 0 Å². The first-order valence-corrected chi connectivity index (χ1v) is 18.7. The molecule has 0 saturated heterocycles. The van der Waals surface area contributed by atoms with Gasteiger partial charge in [0, 0.05) is 34.9 Å². The van der Waals surface area contributed by atoms with Crippen LogP contribution in [0.5, 0.6) is 0 Å². The molecule has 0 amide bonds. The largest absolute Gasteiger partial charge is 0.481 e. The first-order valence-electron chi connectivity index (χ1n) is 18.7. The van der Waals surface area contributed by atoms with E-state index in [1.165, 1.54) is 12.3 Å². The zero-order valence-corrected chi connectivity index (χ0v) is 32.4. The lowest BCUT2D eigenvalue weighted by Gasteiger charge is -2.11. The topological polar surface area (TPSA) is 176 Å². The highest BCUT2D eigenvalue weighted by Crippen LogP contribution is 2.29. The number of rotatable bonds is 12. The van der Waals surface area contributed by atoms with Gasteiger partial charge in [-0.1, -0.05) is 157 Å². The zero-order valence-electron chi connectivity index (χ0n) is 32.4. The summed E-state index contributed by atoms with van der Waals surface area (Å²) >= 11 is 0. The maximum Gasteiger partial charge on any atom is 0.355 e. The summed E-state index contributed by atoms with van der Waals surface area (Å²) in [5.74, 6) is -3.76. The molecule has 298 valence electrons. The predicted molar refractivity (Wildman–Crippen MR) is 228 cm³/mol. The maximum absolute atomic E-state index is 12.9. The summed E-state index contributed by atoms with van der Waals surface area (Å²) < 4.78 is 0. The highest BCUT2D eigenvalue weighted by Gasteiger charge is 2.20. The van der Waals surface area contributed by atoms with Crippen molar-refractivity contribution in [2.45, 2.75) is 19.8 Å². The van der Waals surface area contributed by atoms with Crippen LogP contribution in [0.1, 0.15) is 81.5 Å². The molecule has 0 saturated carbocycles. The lowest BCUT2D eigenvalue weighted by molar-refractivity contribution is -0.136. The average molecular weight is 798 g/mol. The van der Waals surface area contributed by atoms with E-state index >= 15 is 0 Å². The van der Waals surface area contributed by atoms with E-state index in [0.29, 0.717) is 33.4 Å². The lowest BCUT2D eigenvalue weighted by Crippen LogP contribution is -2.11. The van der Waals surface area contributed by atoms with E-state index in [-0.39, 0.29) is 47.0 Å². The van der Waals surface area contributed by atoms with Crippen molar-refractivity contribution in [3.63, 3.8) is 0 Å². The Bertz CT molecular complexity index is 2620. The molecule has 0 spiro atoms. The molecule has 0 bridgehead atoms. The van der Waals surface area contributed by atoms with Crippen molar-refractivity contribution in [1.82, 2.24) is 4.98 Å². The third kappa shape index (κ3) is 11.5. The second kappa shape index (κ2) is 20.9. The Kier molecular flexibility index (Phi) is 15.0. The highest BCUT2D eigenvalue weighted by atomic mass is 16.4. The van der Waals surface area contributed by atoms with E-state index < -0.39 is 17.9 Å². The van der Waals surface area contributed by atoms with Crippen LogP contribution < -0.4 is 0 Å². The molecule has 60 heavy (non-hydrogen) atoms. The number of pyridine rings is 1. The highest BCUT2D eigenvalue weighted by molar-refractivity contribution is 6.14. The molecule has 1 heterocycles. The molecule has 0 aliphatic carbocycles. The summed E-state index contributed by atoms with van der Waals surface area (Å²) in [7, 11) is 0. The van der Waals surface area contributed by atoms with E-state index in [9.17, 15) is 33.9 Å². The number of hydrogen-bond acceptors (Lipinski definition) is 7. The number of ketones is 3. The van der Waals surface area contributed by atoms with Gasteiger partial charge in [-0.05, 0) is 47.4 Å². The average Bonchev–Trinajstić information content (AvgIpc) is 3.29. The monoisotopic (exact) mass is 797 g/mol. The van der Waals surface area contributed by atoms with Crippen LogP contribution in [-0.2, 0) is 4.79 Å². The smallest absolute Gasteiger partial charge is 0.355 e. The lowest BCUT2D eigenvalue weighted by atomic mass is 9.91. The molecule has 0 fully saturated rings. The van der Waals surface area contributed by atoms with Gasteiger partial charge in [-0.3, -0.25) is 19.2 Å². The van der Waals surface area contributed by atoms with Crippen molar-refractivity contribution in [3.05, 3.63) is 221 Å². The second-order valence-corrected chi connectivity index (χ2v) is 13.3. The van der Waals surface area contributed by atoms with Crippen LogP contribution in [0.25, 0.3) is 22.3 Å². The minimum atomic E-state index is -1.20. The summed E-state index contributed by atoms with van der Waals surface area (Å²) in [4.78, 5) is 73.3. The molecular formula is C50H39NO9. The Labute approximate surface area is 346 Å². The Morgan fingerprint density at radius 2 is 0.900 bits per heavy atom. The summed E-state index contributed by atoms with van der Waals surface area (Å²) in [6.07, 6.45) is 1.27. The number of carbonyl (C=O) groups is 6. The standard InChI is InChI=1S/C21H16O3.C16H14O3.C13H9NO3/c1-14-10-12-15(13-11-14)20(22)18-8-4-2-6-16(18)17-7-3-5-9-19(17)21(23)24;17-15(10-11-16(18)19)14-8-6-13(7-9-14)12-4-2-1-3-5-12;15-12(9-5-2-1-3-6-9)10-7-4-8-14-11(10)13(16)17/h2-13H,1H3,(H,23,24);1-9H,10-11H2,(H,18,19);1-8H,(H,16,17). The van der Waals surface area contributed by atoms with Gasteiger partial charge in [-0.15, -0.1) is 0 Å². The van der Waals surface area contributed by atoms with Crippen LogP contribution in [-0.4, -0.2) is 55.6 Å². The van der Waals surface area contributed by atoms with Crippen molar-refractivity contribution in [2.24, 2.45) is 0 Å². The Morgan fingerprint density at radius 3 is 1.48 bits per heavy atom. The van der Waals surface area contributed by atoms with Crippen molar-refractivity contribution < 1.29 is 44.1 Å². The van der Waals surface area contributed by atoms with E-state index in [0.717, 1.165) is 16.7 Å². The molecule has 6 aromatic carbocycles. The molecule has 0 aliphatic heterocycles. The fraction of sp³-hybridized carbons (Fsp3) is 0.0600. The van der Waals surface area contributed by atoms with Crippen LogP contribution in [0.4, 0.5) is 0 Å². The van der Waals surface area contributed by atoms with Crippen LogP contribution in [0.2, 0.25) is 0 Å². The number of carbonyl (C=O) groups excluding carboxylic acids is 3. The van der Waals surface area contributed by atoms with Gasteiger partial charge >= 0.3 is 17.9 Å². The van der Waals surface area contributed by atoms with Gasteiger partial charge in [0.25, 0.3) is 0 Å². The number of benzene rings is 6. The molecule has 7 aromatic rings. The number of carboxylic acids is 3. The van der Waals surface area contributed by atoms with Gasteiger partial charge in [0.1, 0.15) is 0 Å². The molecule has 0 unspecified atom stereocenters. The molecule has 7 rings (SSSR count). The summed E-state index contributed by atoms with van der Waals surface area (Å²) in [6.45, 7) is 1.96. The minimum absolute atomic E-state index is 0.0417. The third-order valence-corrected chi connectivity index (χ3v) is 9.10.